The fourth-order valence-electron chi connectivity index (χ4n) is 2.38. The molecular weight excluding hydrogens is 276 g/mol. The number of rotatable bonds is 4. The van der Waals surface area contributed by atoms with Gasteiger partial charge in [-0.1, -0.05) is 12.1 Å². The topological polar surface area (TPSA) is 32.8 Å². The summed E-state index contributed by atoms with van der Waals surface area (Å²) in [7, 11) is 4.12. The van der Waals surface area contributed by atoms with Gasteiger partial charge < -0.3 is 9.64 Å². The molecule has 4 nitrogen and oxygen atoms in total. The van der Waals surface area contributed by atoms with Gasteiger partial charge in [-0.3, -0.25) is 4.90 Å². The van der Waals surface area contributed by atoms with Crippen LogP contribution >= 0.6 is 0 Å². The number of benzene rings is 1. The second-order valence-corrected chi connectivity index (χ2v) is 6.86. The Labute approximate surface area is 135 Å². The summed E-state index contributed by atoms with van der Waals surface area (Å²) in [5.74, 6) is 0. The van der Waals surface area contributed by atoms with Crippen LogP contribution in [0.25, 0.3) is 0 Å². The van der Waals surface area contributed by atoms with Gasteiger partial charge in [0.05, 0.1) is 5.69 Å². The number of nitrogens with zero attached hydrogens (tertiary/aromatic N) is 2. The third kappa shape index (κ3) is 4.47. The van der Waals surface area contributed by atoms with Gasteiger partial charge in [0.1, 0.15) is 5.60 Å². The van der Waals surface area contributed by atoms with E-state index in [0.717, 1.165) is 11.3 Å². The monoisotopic (exact) mass is 306 g/mol. The van der Waals surface area contributed by atoms with E-state index in [1.807, 2.05) is 39.8 Å². The Morgan fingerprint density at radius 1 is 1.27 bits per heavy atom. The number of carbonyl (C=O) groups is 1. The van der Waals surface area contributed by atoms with Gasteiger partial charge in [0.15, 0.2) is 0 Å². The van der Waals surface area contributed by atoms with E-state index in [2.05, 4.69) is 38.9 Å². The smallest absolute Gasteiger partial charge is 0.414 e. The summed E-state index contributed by atoms with van der Waals surface area (Å²) in [6.45, 7) is 12.4. The Morgan fingerprint density at radius 3 is 2.32 bits per heavy atom. The third-order valence-corrected chi connectivity index (χ3v) is 3.79. The molecule has 4 heteroatoms. The lowest BCUT2D eigenvalue weighted by atomic mass is 9.99. The molecule has 0 heterocycles. The van der Waals surface area contributed by atoms with Crippen LogP contribution in [0, 0.1) is 6.92 Å². The van der Waals surface area contributed by atoms with Crippen LogP contribution in [0.4, 0.5) is 10.5 Å². The van der Waals surface area contributed by atoms with E-state index >= 15 is 0 Å². The molecule has 0 saturated heterocycles. The van der Waals surface area contributed by atoms with Crippen LogP contribution in [0.2, 0.25) is 0 Å². The highest BCUT2D eigenvalue weighted by molar-refractivity contribution is 5.89. The molecule has 0 unspecified atom stereocenters. The maximum atomic E-state index is 12.5. The number of ether oxygens (including phenoxy) is 1. The lowest BCUT2D eigenvalue weighted by molar-refractivity contribution is 0.0582. The Hall–Kier alpha value is -1.55. The Kier molecular flexibility index (Phi) is 6.00. The molecular formula is C18H30N2O2. The molecule has 1 rings (SSSR count). The van der Waals surface area contributed by atoms with Crippen molar-refractivity contribution in [2.45, 2.75) is 53.2 Å². The van der Waals surface area contributed by atoms with Crippen LogP contribution in [0.1, 0.15) is 51.8 Å². The molecule has 0 aromatic heterocycles. The van der Waals surface area contributed by atoms with Crippen molar-refractivity contribution in [1.82, 2.24) is 4.90 Å². The maximum Gasteiger partial charge on any atom is 0.414 e. The van der Waals surface area contributed by atoms with Crippen LogP contribution in [-0.4, -0.2) is 37.2 Å². The van der Waals surface area contributed by atoms with Gasteiger partial charge in [-0.15, -0.1) is 0 Å². The van der Waals surface area contributed by atoms with Gasteiger partial charge in [0, 0.05) is 12.6 Å². The number of carbonyl (C=O) groups excluding carboxylic acids is 1. The molecule has 0 fully saturated rings. The first-order valence-corrected chi connectivity index (χ1v) is 7.85. The molecule has 0 radical (unpaired) electrons. The third-order valence-electron chi connectivity index (χ3n) is 3.79. The fraction of sp³-hybridized carbons (Fsp3) is 0.611. The number of anilines is 1. The van der Waals surface area contributed by atoms with E-state index in [1.165, 1.54) is 5.56 Å². The zero-order chi connectivity index (χ0) is 17.1. The van der Waals surface area contributed by atoms with Gasteiger partial charge in [0.25, 0.3) is 0 Å². The Morgan fingerprint density at radius 2 is 1.86 bits per heavy atom. The van der Waals surface area contributed by atoms with Crippen molar-refractivity contribution in [2.75, 3.05) is 25.5 Å². The van der Waals surface area contributed by atoms with E-state index in [-0.39, 0.29) is 12.1 Å². The predicted molar refractivity (Wildman–Crippen MR) is 92.5 cm³/mol. The first-order valence-electron chi connectivity index (χ1n) is 7.85. The first-order chi connectivity index (χ1) is 10.1. The summed E-state index contributed by atoms with van der Waals surface area (Å²) in [6.07, 6.45) is -0.298. The van der Waals surface area contributed by atoms with Gasteiger partial charge in [-0.05, 0) is 72.8 Å². The number of amides is 1. The highest BCUT2D eigenvalue weighted by Gasteiger charge is 2.24. The molecule has 0 aliphatic carbocycles. The molecule has 1 aromatic rings. The zero-order valence-electron chi connectivity index (χ0n) is 15.2. The quantitative estimate of drug-likeness (QED) is 0.827. The largest absolute Gasteiger partial charge is 0.443 e. The first kappa shape index (κ1) is 18.5. The summed E-state index contributed by atoms with van der Waals surface area (Å²) < 4.78 is 5.52. The molecule has 0 spiro atoms. The van der Waals surface area contributed by atoms with Crippen LogP contribution in [0.15, 0.2) is 18.2 Å². The summed E-state index contributed by atoms with van der Waals surface area (Å²) >= 11 is 0. The van der Waals surface area contributed by atoms with E-state index in [1.54, 1.807) is 4.90 Å². The van der Waals surface area contributed by atoms with Crippen molar-refractivity contribution in [3.63, 3.8) is 0 Å². The van der Waals surface area contributed by atoms with Crippen LogP contribution in [0.3, 0.4) is 0 Å². The lowest BCUT2D eigenvalue weighted by Gasteiger charge is -2.29. The van der Waals surface area contributed by atoms with Crippen molar-refractivity contribution in [2.24, 2.45) is 0 Å². The molecule has 0 aliphatic rings. The molecule has 0 N–H and O–H groups in total. The Bertz CT molecular complexity index is 518. The molecule has 1 atom stereocenters. The second-order valence-electron chi connectivity index (χ2n) is 6.86. The predicted octanol–water partition coefficient (Wildman–Crippen LogP) is 4.38. The lowest BCUT2D eigenvalue weighted by Crippen LogP contribution is -2.37. The molecule has 0 aliphatic heterocycles. The van der Waals surface area contributed by atoms with Crippen LogP contribution in [-0.2, 0) is 4.74 Å². The standard InChI is InChI=1S/C18H30N2O2/c1-9-20(17(21)22-18(4,5)6)16-12-10-11-15(13(16)2)14(3)19(7)8/h10-12,14H,9H2,1-8H3/t14-/m0/s1. The van der Waals surface area contributed by atoms with Crippen molar-refractivity contribution in [3.8, 4) is 0 Å². The van der Waals surface area contributed by atoms with E-state index in [9.17, 15) is 4.79 Å². The van der Waals surface area contributed by atoms with Gasteiger partial charge in [-0.25, -0.2) is 4.79 Å². The molecule has 124 valence electrons. The molecule has 0 saturated carbocycles. The molecule has 22 heavy (non-hydrogen) atoms. The summed E-state index contributed by atoms with van der Waals surface area (Å²) in [6, 6.07) is 6.39. The second kappa shape index (κ2) is 7.14. The van der Waals surface area contributed by atoms with E-state index < -0.39 is 5.60 Å². The minimum atomic E-state index is -0.493. The molecule has 1 amide bonds. The minimum absolute atomic E-state index is 0.289. The van der Waals surface area contributed by atoms with Crippen molar-refractivity contribution in [1.29, 1.82) is 0 Å². The van der Waals surface area contributed by atoms with E-state index in [4.69, 9.17) is 4.74 Å². The number of hydrogen-bond acceptors (Lipinski definition) is 3. The molecule has 1 aromatic carbocycles. The highest BCUT2D eigenvalue weighted by atomic mass is 16.6. The summed E-state index contributed by atoms with van der Waals surface area (Å²) in [5.41, 5.74) is 2.77. The van der Waals surface area contributed by atoms with Crippen molar-refractivity contribution >= 4 is 11.8 Å². The van der Waals surface area contributed by atoms with Crippen LogP contribution < -0.4 is 4.90 Å². The summed E-state index contributed by atoms with van der Waals surface area (Å²) in [4.78, 5) is 16.3. The van der Waals surface area contributed by atoms with Gasteiger partial charge in [-0.2, -0.15) is 0 Å². The average molecular weight is 306 g/mol. The van der Waals surface area contributed by atoms with Crippen molar-refractivity contribution in [3.05, 3.63) is 29.3 Å². The van der Waals surface area contributed by atoms with Crippen molar-refractivity contribution < 1.29 is 9.53 Å². The number of hydrogen-bond donors (Lipinski definition) is 0. The summed E-state index contributed by atoms with van der Waals surface area (Å²) in [5, 5.41) is 0. The SMILES string of the molecule is CCN(C(=O)OC(C)(C)C)c1cccc([C@H](C)N(C)C)c1C. The highest BCUT2D eigenvalue weighted by Crippen LogP contribution is 2.30. The molecule has 0 bridgehead atoms. The van der Waals surface area contributed by atoms with Gasteiger partial charge >= 0.3 is 6.09 Å². The maximum absolute atomic E-state index is 12.5. The van der Waals surface area contributed by atoms with Gasteiger partial charge in [0.2, 0.25) is 0 Å². The van der Waals surface area contributed by atoms with E-state index in [0.29, 0.717) is 6.54 Å². The zero-order valence-corrected chi connectivity index (χ0v) is 15.2. The minimum Gasteiger partial charge on any atom is -0.443 e. The normalized spacial score (nSPS) is 13.1. The Balaban J connectivity index is 3.18. The van der Waals surface area contributed by atoms with Crippen LogP contribution in [0.5, 0.6) is 0 Å². The fourth-order valence-corrected chi connectivity index (χ4v) is 2.38. The average Bonchev–Trinajstić information content (AvgIpc) is 2.38.